The van der Waals surface area contributed by atoms with E-state index in [-0.39, 0.29) is 4.90 Å². The van der Waals surface area contributed by atoms with E-state index in [9.17, 15) is 8.42 Å². The van der Waals surface area contributed by atoms with Gasteiger partial charge in [-0.15, -0.1) is 0 Å². The van der Waals surface area contributed by atoms with Crippen molar-refractivity contribution in [1.82, 2.24) is 4.98 Å². The van der Waals surface area contributed by atoms with Crippen LogP contribution in [0.3, 0.4) is 0 Å². The van der Waals surface area contributed by atoms with Crippen LogP contribution in [0.1, 0.15) is 0 Å². The number of benzene rings is 1. The fourth-order valence-corrected chi connectivity index (χ4v) is 2.17. The highest BCUT2D eigenvalue weighted by atomic mass is 35.7. The molecular formula is C9H5Cl2NO2S. The van der Waals surface area contributed by atoms with Crippen LogP contribution < -0.4 is 0 Å². The molecule has 0 bridgehead atoms. The molecule has 15 heavy (non-hydrogen) atoms. The van der Waals surface area contributed by atoms with Crippen molar-refractivity contribution in [2.45, 2.75) is 4.90 Å². The molecule has 0 aliphatic heterocycles. The average Bonchev–Trinajstić information content (AvgIpc) is 2.16. The Morgan fingerprint density at radius 3 is 2.67 bits per heavy atom. The molecular weight excluding hydrogens is 257 g/mol. The largest absolute Gasteiger partial charge is 0.262 e. The number of rotatable bonds is 1. The molecule has 0 saturated carbocycles. The van der Waals surface area contributed by atoms with Crippen LogP contribution in [0.4, 0.5) is 0 Å². The summed E-state index contributed by atoms with van der Waals surface area (Å²) in [4.78, 5) is 3.92. The minimum atomic E-state index is -3.74. The highest BCUT2D eigenvalue weighted by Gasteiger charge is 2.11. The van der Waals surface area contributed by atoms with E-state index in [0.717, 1.165) is 0 Å². The van der Waals surface area contributed by atoms with E-state index in [1.54, 1.807) is 18.2 Å². The molecule has 0 aliphatic carbocycles. The van der Waals surface area contributed by atoms with E-state index in [0.29, 0.717) is 15.9 Å². The monoisotopic (exact) mass is 261 g/mol. The van der Waals surface area contributed by atoms with Crippen LogP contribution in [0.25, 0.3) is 10.9 Å². The van der Waals surface area contributed by atoms with E-state index in [1.165, 1.54) is 12.3 Å². The van der Waals surface area contributed by atoms with Gasteiger partial charge in [-0.1, -0.05) is 23.7 Å². The highest BCUT2D eigenvalue weighted by Crippen LogP contribution is 2.24. The lowest BCUT2D eigenvalue weighted by Gasteiger charge is -2.00. The van der Waals surface area contributed by atoms with Crippen LogP contribution in [0.5, 0.6) is 0 Å². The molecule has 6 heteroatoms. The number of halogens is 2. The standard InChI is InChI=1S/C9H5Cl2NO2S/c10-8-3-1-2-6-4-7(15(11,13)14)5-12-9(6)8/h1-5H. The van der Waals surface area contributed by atoms with Crippen molar-refractivity contribution in [3.05, 3.63) is 35.5 Å². The molecule has 1 aromatic heterocycles. The third kappa shape index (κ3) is 2.07. The molecule has 0 radical (unpaired) electrons. The van der Waals surface area contributed by atoms with Crippen LogP contribution >= 0.6 is 22.3 Å². The normalized spacial score (nSPS) is 11.9. The van der Waals surface area contributed by atoms with Gasteiger partial charge in [-0.2, -0.15) is 0 Å². The molecule has 0 spiro atoms. The third-order valence-corrected chi connectivity index (χ3v) is 3.54. The topological polar surface area (TPSA) is 47.0 Å². The third-order valence-electron chi connectivity index (χ3n) is 1.92. The first kappa shape index (κ1) is 10.7. The number of aromatic nitrogens is 1. The lowest BCUT2D eigenvalue weighted by molar-refractivity contribution is 0.609. The summed E-state index contributed by atoms with van der Waals surface area (Å²) in [5, 5.41) is 1.12. The quantitative estimate of drug-likeness (QED) is 0.742. The van der Waals surface area contributed by atoms with Crippen molar-refractivity contribution in [3.8, 4) is 0 Å². The number of fused-ring (bicyclic) bond motifs is 1. The van der Waals surface area contributed by atoms with E-state index in [2.05, 4.69) is 4.98 Å². The summed E-state index contributed by atoms with van der Waals surface area (Å²) in [6.07, 6.45) is 1.19. The summed E-state index contributed by atoms with van der Waals surface area (Å²) in [5.74, 6) is 0. The van der Waals surface area contributed by atoms with Crippen LogP contribution in [0, 0.1) is 0 Å². The van der Waals surface area contributed by atoms with Crippen LogP contribution in [0.15, 0.2) is 35.4 Å². The lowest BCUT2D eigenvalue weighted by atomic mass is 10.2. The molecule has 0 fully saturated rings. The van der Waals surface area contributed by atoms with Gasteiger partial charge in [0.15, 0.2) is 0 Å². The fourth-order valence-electron chi connectivity index (χ4n) is 1.24. The summed E-state index contributed by atoms with van der Waals surface area (Å²) in [6.45, 7) is 0. The summed E-state index contributed by atoms with van der Waals surface area (Å²) in [6, 6.07) is 6.57. The Morgan fingerprint density at radius 2 is 2.00 bits per heavy atom. The van der Waals surface area contributed by atoms with Gasteiger partial charge in [0.2, 0.25) is 0 Å². The maximum Gasteiger partial charge on any atom is 0.262 e. The molecule has 2 rings (SSSR count). The molecule has 2 aromatic rings. The second kappa shape index (κ2) is 3.63. The van der Waals surface area contributed by atoms with Gasteiger partial charge in [0, 0.05) is 22.3 Å². The fraction of sp³-hybridized carbons (Fsp3) is 0. The second-order valence-corrected chi connectivity index (χ2v) is 5.89. The molecule has 0 unspecified atom stereocenters. The van der Waals surface area contributed by atoms with Crippen molar-refractivity contribution in [1.29, 1.82) is 0 Å². The van der Waals surface area contributed by atoms with Crippen molar-refractivity contribution in [3.63, 3.8) is 0 Å². The van der Waals surface area contributed by atoms with Gasteiger partial charge < -0.3 is 0 Å². The Hall–Kier alpha value is -0.840. The summed E-state index contributed by atoms with van der Waals surface area (Å²) < 4.78 is 22.1. The van der Waals surface area contributed by atoms with Crippen LogP contribution in [-0.4, -0.2) is 13.4 Å². The molecule has 0 aliphatic rings. The predicted molar refractivity (Wildman–Crippen MR) is 59.8 cm³/mol. The number of pyridine rings is 1. The van der Waals surface area contributed by atoms with E-state index >= 15 is 0 Å². The Labute approximate surface area is 96.1 Å². The molecule has 0 saturated heterocycles. The SMILES string of the molecule is O=S(=O)(Cl)c1cnc2c(Cl)cccc2c1. The summed E-state index contributed by atoms with van der Waals surface area (Å²) >= 11 is 5.88. The minimum absolute atomic E-state index is 0.0288. The zero-order chi connectivity index (χ0) is 11.1. The van der Waals surface area contributed by atoms with E-state index < -0.39 is 9.05 Å². The Bertz CT molecular complexity index is 625. The van der Waals surface area contributed by atoms with Gasteiger partial charge >= 0.3 is 0 Å². The smallest absolute Gasteiger partial charge is 0.253 e. The Kier molecular flexibility index (Phi) is 2.58. The van der Waals surface area contributed by atoms with Crippen LogP contribution in [0.2, 0.25) is 5.02 Å². The second-order valence-electron chi connectivity index (χ2n) is 2.92. The maximum absolute atomic E-state index is 11.1. The Balaban J connectivity index is 2.79. The van der Waals surface area contributed by atoms with Gasteiger partial charge in [-0.25, -0.2) is 8.42 Å². The molecule has 78 valence electrons. The average molecular weight is 262 g/mol. The van der Waals surface area contributed by atoms with Crippen LogP contribution in [-0.2, 0) is 9.05 Å². The lowest BCUT2D eigenvalue weighted by Crippen LogP contribution is -1.92. The number of hydrogen-bond acceptors (Lipinski definition) is 3. The molecule has 0 atom stereocenters. The predicted octanol–water partition coefficient (Wildman–Crippen LogP) is 2.82. The zero-order valence-electron chi connectivity index (χ0n) is 7.31. The summed E-state index contributed by atoms with van der Waals surface area (Å²) in [7, 11) is 1.46. The molecule has 1 aromatic carbocycles. The molecule has 0 N–H and O–H groups in total. The summed E-state index contributed by atoms with van der Waals surface area (Å²) in [5.41, 5.74) is 0.559. The van der Waals surface area contributed by atoms with Crippen molar-refractivity contribution >= 4 is 42.2 Å². The van der Waals surface area contributed by atoms with Gasteiger partial charge in [-0.05, 0) is 12.1 Å². The number of para-hydroxylation sites is 1. The molecule has 1 heterocycles. The van der Waals surface area contributed by atoms with E-state index in [1.807, 2.05) is 0 Å². The number of hydrogen-bond donors (Lipinski definition) is 0. The first-order valence-corrected chi connectivity index (χ1v) is 6.66. The first-order chi connectivity index (χ1) is 6.98. The molecule has 3 nitrogen and oxygen atoms in total. The molecule has 0 amide bonds. The van der Waals surface area contributed by atoms with Gasteiger partial charge in [0.1, 0.15) is 4.90 Å². The maximum atomic E-state index is 11.1. The van der Waals surface area contributed by atoms with Crippen molar-refractivity contribution in [2.75, 3.05) is 0 Å². The van der Waals surface area contributed by atoms with Gasteiger partial charge in [0.25, 0.3) is 9.05 Å². The number of nitrogens with zero attached hydrogens (tertiary/aromatic N) is 1. The zero-order valence-corrected chi connectivity index (χ0v) is 9.64. The van der Waals surface area contributed by atoms with Crippen molar-refractivity contribution in [2.24, 2.45) is 0 Å². The van der Waals surface area contributed by atoms with E-state index in [4.69, 9.17) is 22.3 Å². The highest BCUT2D eigenvalue weighted by molar-refractivity contribution is 8.13. The minimum Gasteiger partial charge on any atom is -0.253 e. The van der Waals surface area contributed by atoms with Gasteiger partial charge in [-0.3, -0.25) is 4.98 Å². The van der Waals surface area contributed by atoms with Crippen molar-refractivity contribution < 1.29 is 8.42 Å². The van der Waals surface area contributed by atoms with Gasteiger partial charge in [0.05, 0.1) is 10.5 Å². The Morgan fingerprint density at radius 1 is 1.27 bits per heavy atom. The first-order valence-electron chi connectivity index (χ1n) is 3.97.